The zero-order valence-electron chi connectivity index (χ0n) is 9.99. The molecule has 2 heteroatoms. The number of aryl methyl sites for hydroxylation is 2. The van der Waals surface area contributed by atoms with Crippen molar-refractivity contribution in [3.05, 3.63) is 47.5 Å². The molecule has 0 saturated carbocycles. The highest BCUT2D eigenvalue weighted by Gasteiger charge is 2.16. The van der Waals surface area contributed by atoms with Crippen molar-refractivity contribution in [3.63, 3.8) is 0 Å². The maximum Gasteiger partial charge on any atom is 0.230 e. The van der Waals surface area contributed by atoms with E-state index in [4.69, 9.17) is 9.47 Å². The minimum absolute atomic E-state index is 0.271. The molecule has 0 saturated heterocycles. The van der Waals surface area contributed by atoms with E-state index >= 15 is 0 Å². The van der Waals surface area contributed by atoms with Gasteiger partial charge in [0.25, 0.3) is 0 Å². The minimum Gasteiger partial charge on any atom is -0.457 e. The molecule has 0 aromatic heterocycles. The van der Waals surface area contributed by atoms with Gasteiger partial charge in [0.15, 0.2) is 0 Å². The highest BCUT2D eigenvalue weighted by molar-refractivity contribution is 5.77. The average molecular weight is 226 g/mol. The normalized spacial score (nSPS) is 12.8. The molecular weight excluding hydrogens is 212 g/mol. The number of ether oxygens (including phenoxy) is 2. The van der Waals surface area contributed by atoms with Gasteiger partial charge in [-0.25, -0.2) is 0 Å². The monoisotopic (exact) mass is 226 g/mol. The van der Waals surface area contributed by atoms with Crippen molar-refractivity contribution in [2.45, 2.75) is 13.8 Å². The number of hydrogen-bond acceptors (Lipinski definition) is 2. The van der Waals surface area contributed by atoms with E-state index in [-0.39, 0.29) is 6.79 Å². The number of rotatable bonds is 0. The van der Waals surface area contributed by atoms with Crippen LogP contribution in [0.25, 0.3) is 11.1 Å². The van der Waals surface area contributed by atoms with Gasteiger partial charge in [0.2, 0.25) is 6.79 Å². The summed E-state index contributed by atoms with van der Waals surface area (Å²) < 4.78 is 11.3. The van der Waals surface area contributed by atoms with E-state index in [1.54, 1.807) is 0 Å². The van der Waals surface area contributed by atoms with Gasteiger partial charge in [-0.15, -0.1) is 0 Å². The Morgan fingerprint density at radius 2 is 1.24 bits per heavy atom. The third kappa shape index (κ3) is 1.76. The zero-order chi connectivity index (χ0) is 11.8. The Morgan fingerprint density at radius 3 is 1.71 bits per heavy atom. The van der Waals surface area contributed by atoms with Crippen molar-refractivity contribution in [1.29, 1.82) is 0 Å². The summed E-state index contributed by atoms with van der Waals surface area (Å²) in [5, 5.41) is 0. The van der Waals surface area contributed by atoms with Crippen LogP contribution in [0, 0.1) is 13.8 Å². The Bertz CT molecular complexity index is 522. The first-order chi connectivity index (χ1) is 8.24. The van der Waals surface area contributed by atoms with E-state index in [0.717, 1.165) is 22.6 Å². The molecule has 0 spiro atoms. The highest BCUT2D eigenvalue weighted by Crippen LogP contribution is 2.39. The van der Waals surface area contributed by atoms with Gasteiger partial charge in [-0.05, 0) is 37.1 Å². The standard InChI is InChI=1S/C15H14O2/c1-10-3-5-12-13-6-4-11(2)8-15(13)17-9-16-14(12)7-10/h3-8H,9H2,1-2H3. The second-order valence-corrected chi connectivity index (χ2v) is 4.41. The molecule has 0 bridgehead atoms. The molecule has 86 valence electrons. The van der Waals surface area contributed by atoms with E-state index in [2.05, 4.69) is 38.1 Å². The van der Waals surface area contributed by atoms with Crippen molar-refractivity contribution >= 4 is 0 Å². The zero-order valence-corrected chi connectivity index (χ0v) is 9.99. The first-order valence-corrected chi connectivity index (χ1v) is 5.71. The minimum atomic E-state index is 0.271. The molecule has 0 radical (unpaired) electrons. The van der Waals surface area contributed by atoms with Crippen LogP contribution < -0.4 is 9.47 Å². The van der Waals surface area contributed by atoms with Crippen LogP contribution >= 0.6 is 0 Å². The van der Waals surface area contributed by atoms with Crippen LogP contribution in [-0.4, -0.2) is 6.79 Å². The summed E-state index contributed by atoms with van der Waals surface area (Å²) in [6, 6.07) is 12.5. The lowest BCUT2D eigenvalue weighted by Gasteiger charge is -2.07. The van der Waals surface area contributed by atoms with Crippen molar-refractivity contribution in [2.75, 3.05) is 6.79 Å². The molecule has 0 N–H and O–H groups in total. The van der Waals surface area contributed by atoms with Gasteiger partial charge in [-0.2, -0.15) is 0 Å². The fourth-order valence-electron chi connectivity index (χ4n) is 2.10. The second-order valence-electron chi connectivity index (χ2n) is 4.41. The molecule has 0 unspecified atom stereocenters. The van der Waals surface area contributed by atoms with Gasteiger partial charge < -0.3 is 9.47 Å². The van der Waals surface area contributed by atoms with Crippen LogP contribution in [0.3, 0.4) is 0 Å². The van der Waals surface area contributed by atoms with Crippen molar-refractivity contribution in [3.8, 4) is 22.6 Å². The van der Waals surface area contributed by atoms with Gasteiger partial charge in [-0.1, -0.05) is 24.3 Å². The molecule has 2 nitrogen and oxygen atoms in total. The molecule has 1 aliphatic heterocycles. The van der Waals surface area contributed by atoms with Crippen LogP contribution in [-0.2, 0) is 0 Å². The molecule has 0 amide bonds. The molecule has 0 atom stereocenters. The molecular formula is C15H14O2. The molecule has 3 rings (SSSR count). The summed E-state index contributed by atoms with van der Waals surface area (Å²) in [4.78, 5) is 0. The van der Waals surface area contributed by atoms with Gasteiger partial charge >= 0.3 is 0 Å². The fourth-order valence-corrected chi connectivity index (χ4v) is 2.10. The summed E-state index contributed by atoms with van der Waals surface area (Å²) in [5.74, 6) is 1.79. The summed E-state index contributed by atoms with van der Waals surface area (Å²) in [5.41, 5.74) is 4.59. The first-order valence-electron chi connectivity index (χ1n) is 5.71. The maximum absolute atomic E-state index is 5.63. The van der Waals surface area contributed by atoms with Gasteiger partial charge in [0.05, 0.1) is 0 Å². The maximum atomic E-state index is 5.63. The van der Waals surface area contributed by atoms with E-state index in [9.17, 15) is 0 Å². The summed E-state index contributed by atoms with van der Waals surface area (Å²) >= 11 is 0. The average Bonchev–Trinajstić information content (AvgIpc) is 2.47. The predicted octanol–water partition coefficient (Wildman–Crippen LogP) is 3.70. The number of hydrogen-bond donors (Lipinski definition) is 0. The SMILES string of the molecule is Cc1ccc2c(c1)OCOc1cc(C)ccc1-2. The molecule has 0 aliphatic carbocycles. The summed E-state index contributed by atoms with van der Waals surface area (Å²) in [6.45, 7) is 4.39. The van der Waals surface area contributed by atoms with E-state index in [1.165, 1.54) is 11.1 Å². The third-order valence-corrected chi connectivity index (χ3v) is 2.99. The lowest BCUT2D eigenvalue weighted by molar-refractivity contribution is 0.124. The highest BCUT2D eigenvalue weighted by atomic mass is 16.7. The number of fused-ring (bicyclic) bond motifs is 3. The van der Waals surface area contributed by atoms with Crippen LogP contribution in [0.2, 0.25) is 0 Å². The smallest absolute Gasteiger partial charge is 0.230 e. The molecule has 0 fully saturated rings. The van der Waals surface area contributed by atoms with Gasteiger partial charge in [0.1, 0.15) is 11.5 Å². The molecule has 1 heterocycles. The number of benzene rings is 2. The Morgan fingerprint density at radius 1 is 0.765 bits per heavy atom. The summed E-state index contributed by atoms with van der Waals surface area (Å²) in [7, 11) is 0. The topological polar surface area (TPSA) is 18.5 Å². The Kier molecular flexibility index (Phi) is 2.29. The first kappa shape index (κ1) is 10.2. The molecule has 2 aromatic rings. The second kappa shape index (κ2) is 3.81. The molecule has 1 aliphatic rings. The van der Waals surface area contributed by atoms with Crippen LogP contribution in [0.15, 0.2) is 36.4 Å². The van der Waals surface area contributed by atoms with E-state index in [0.29, 0.717) is 0 Å². The largest absolute Gasteiger partial charge is 0.457 e. The summed E-state index contributed by atoms with van der Waals surface area (Å²) in [6.07, 6.45) is 0. The fraction of sp³-hybridized carbons (Fsp3) is 0.200. The van der Waals surface area contributed by atoms with Crippen LogP contribution in [0.1, 0.15) is 11.1 Å². The van der Waals surface area contributed by atoms with Gasteiger partial charge in [0, 0.05) is 11.1 Å². The van der Waals surface area contributed by atoms with Crippen molar-refractivity contribution in [2.24, 2.45) is 0 Å². The Labute approximate surface area is 101 Å². The van der Waals surface area contributed by atoms with Crippen molar-refractivity contribution in [1.82, 2.24) is 0 Å². The van der Waals surface area contributed by atoms with Crippen molar-refractivity contribution < 1.29 is 9.47 Å². The van der Waals surface area contributed by atoms with Crippen LogP contribution in [0.5, 0.6) is 11.5 Å². The third-order valence-electron chi connectivity index (χ3n) is 2.99. The van der Waals surface area contributed by atoms with Crippen LogP contribution in [0.4, 0.5) is 0 Å². The van der Waals surface area contributed by atoms with Gasteiger partial charge in [-0.3, -0.25) is 0 Å². The Hall–Kier alpha value is -1.96. The lowest BCUT2D eigenvalue weighted by Crippen LogP contribution is -2.03. The predicted molar refractivity (Wildman–Crippen MR) is 67.5 cm³/mol. The van der Waals surface area contributed by atoms with E-state index < -0.39 is 0 Å². The Balaban J connectivity index is 2.24. The lowest BCUT2D eigenvalue weighted by atomic mass is 10.0. The van der Waals surface area contributed by atoms with E-state index in [1.807, 2.05) is 12.1 Å². The quantitative estimate of drug-likeness (QED) is 0.682. The molecule has 2 aromatic carbocycles. The molecule has 17 heavy (non-hydrogen) atoms.